The molecule has 2 aromatic rings. The minimum atomic E-state index is -4.44. The van der Waals surface area contributed by atoms with Crippen LogP contribution in [0.4, 0.5) is 24.5 Å². The van der Waals surface area contributed by atoms with Gasteiger partial charge in [-0.1, -0.05) is 29.3 Å². The molecule has 1 aliphatic heterocycles. The number of carbonyl (C=O) groups excluding carboxylic acids is 1. The quantitative estimate of drug-likeness (QED) is 0.607. The van der Waals surface area contributed by atoms with E-state index in [1.807, 2.05) is 0 Å². The van der Waals surface area contributed by atoms with Gasteiger partial charge in [0.15, 0.2) is 0 Å². The second-order valence-electron chi connectivity index (χ2n) is 7.31. The highest BCUT2D eigenvalue weighted by atomic mass is 35.5. The number of anilines is 2. The molecule has 2 aromatic carbocycles. The smallest absolute Gasteiger partial charge is 0.368 e. The highest BCUT2D eigenvalue weighted by molar-refractivity contribution is 7.92. The number of nitrogens with zero attached hydrogens (tertiary/aromatic N) is 3. The van der Waals surface area contributed by atoms with Gasteiger partial charge in [-0.2, -0.15) is 13.2 Å². The Morgan fingerprint density at radius 2 is 1.62 bits per heavy atom. The molecule has 1 aliphatic rings. The van der Waals surface area contributed by atoms with Gasteiger partial charge in [-0.3, -0.25) is 9.10 Å². The molecular weight excluding hydrogens is 490 g/mol. The van der Waals surface area contributed by atoms with Crippen molar-refractivity contribution in [1.82, 2.24) is 4.90 Å². The van der Waals surface area contributed by atoms with Gasteiger partial charge in [0.25, 0.3) is 0 Å². The van der Waals surface area contributed by atoms with Gasteiger partial charge in [0.1, 0.15) is 6.54 Å². The largest absolute Gasteiger partial charge is 0.416 e. The first-order chi connectivity index (χ1) is 14.8. The van der Waals surface area contributed by atoms with Crippen LogP contribution in [0.1, 0.15) is 5.56 Å². The average molecular weight is 510 g/mol. The van der Waals surface area contributed by atoms with Gasteiger partial charge >= 0.3 is 6.18 Å². The maximum atomic E-state index is 13.0. The summed E-state index contributed by atoms with van der Waals surface area (Å²) in [5, 5.41) is 0.451. The second-order valence-corrected chi connectivity index (χ2v) is 10.1. The Morgan fingerprint density at radius 3 is 2.16 bits per heavy atom. The third-order valence-electron chi connectivity index (χ3n) is 4.99. The lowest BCUT2D eigenvalue weighted by molar-refractivity contribution is -0.137. The molecule has 6 nitrogen and oxygen atoms in total. The van der Waals surface area contributed by atoms with Crippen molar-refractivity contribution in [3.05, 3.63) is 58.1 Å². The molecule has 0 bridgehead atoms. The van der Waals surface area contributed by atoms with E-state index >= 15 is 0 Å². The summed E-state index contributed by atoms with van der Waals surface area (Å²) >= 11 is 11.9. The van der Waals surface area contributed by atoms with Crippen molar-refractivity contribution >= 4 is 50.5 Å². The number of halogens is 5. The Morgan fingerprint density at radius 1 is 1.03 bits per heavy atom. The minimum Gasteiger partial charge on any atom is -0.368 e. The summed E-state index contributed by atoms with van der Waals surface area (Å²) in [6.45, 7) is 0.662. The van der Waals surface area contributed by atoms with Gasteiger partial charge in [0.2, 0.25) is 15.9 Å². The van der Waals surface area contributed by atoms with E-state index in [4.69, 9.17) is 23.2 Å². The first-order valence-electron chi connectivity index (χ1n) is 9.48. The topological polar surface area (TPSA) is 60.9 Å². The van der Waals surface area contributed by atoms with E-state index in [9.17, 15) is 26.4 Å². The van der Waals surface area contributed by atoms with Crippen LogP contribution in [0.3, 0.4) is 0 Å². The molecule has 1 heterocycles. The van der Waals surface area contributed by atoms with Crippen LogP contribution in [0.25, 0.3) is 0 Å². The number of alkyl halides is 3. The molecule has 0 radical (unpaired) electrons. The van der Waals surface area contributed by atoms with Gasteiger partial charge in [0.05, 0.1) is 17.5 Å². The third-order valence-corrected chi connectivity index (χ3v) is 6.56. The SMILES string of the molecule is CS(=O)(=O)N(CC(=O)N1CCN(c2cccc(C(F)(F)F)c2)CC1)c1cc(Cl)cc(Cl)c1. The zero-order chi connectivity index (χ0) is 23.7. The Hall–Kier alpha value is -2.17. The highest BCUT2D eigenvalue weighted by Gasteiger charge is 2.32. The van der Waals surface area contributed by atoms with Crippen molar-refractivity contribution in [2.24, 2.45) is 0 Å². The average Bonchev–Trinajstić information content (AvgIpc) is 2.70. The molecular formula is C20H20Cl2F3N3O3S. The molecule has 0 unspecified atom stereocenters. The van der Waals surface area contributed by atoms with Gasteiger partial charge < -0.3 is 9.80 Å². The monoisotopic (exact) mass is 509 g/mol. The third kappa shape index (κ3) is 5.99. The summed E-state index contributed by atoms with van der Waals surface area (Å²) < 4.78 is 64.4. The lowest BCUT2D eigenvalue weighted by atomic mass is 10.1. The number of hydrogen-bond donors (Lipinski definition) is 0. The molecule has 0 aliphatic carbocycles. The van der Waals surface area contributed by atoms with Crippen molar-refractivity contribution in [2.75, 3.05) is 48.2 Å². The van der Waals surface area contributed by atoms with Crippen molar-refractivity contribution in [1.29, 1.82) is 0 Å². The minimum absolute atomic E-state index is 0.168. The number of benzene rings is 2. The number of sulfonamides is 1. The van der Waals surface area contributed by atoms with E-state index in [2.05, 4.69) is 0 Å². The fraction of sp³-hybridized carbons (Fsp3) is 0.350. The summed E-state index contributed by atoms with van der Waals surface area (Å²) in [4.78, 5) is 16.0. The lowest BCUT2D eigenvalue weighted by Gasteiger charge is -2.37. The van der Waals surface area contributed by atoms with Crippen LogP contribution >= 0.6 is 23.2 Å². The van der Waals surface area contributed by atoms with E-state index in [-0.39, 0.29) is 28.8 Å². The highest BCUT2D eigenvalue weighted by Crippen LogP contribution is 2.32. The molecule has 3 rings (SSSR count). The first kappa shape index (κ1) is 24.5. The van der Waals surface area contributed by atoms with Gasteiger partial charge in [-0.25, -0.2) is 8.42 Å². The Labute approximate surface area is 194 Å². The molecule has 0 spiro atoms. The molecule has 32 heavy (non-hydrogen) atoms. The zero-order valence-electron chi connectivity index (χ0n) is 16.9. The fourth-order valence-corrected chi connectivity index (χ4v) is 4.75. The molecule has 0 saturated carbocycles. The van der Waals surface area contributed by atoms with Crippen LogP contribution < -0.4 is 9.21 Å². The van der Waals surface area contributed by atoms with Gasteiger partial charge in [-0.15, -0.1) is 0 Å². The molecule has 1 amide bonds. The maximum Gasteiger partial charge on any atom is 0.416 e. The van der Waals surface area contributed by atoms with Crippen LogP contribution in [0.5, 0.6) is 0 Å². The summed E-state index contributed by atoms with van der Waals surface area (Å²) in [5.74, 6) is -0.435. The molecule has 174 valence electrons. The predicted molar refractivity (Wildman–Crippen MR) is 119 cm³/mol. The predicted octanol–water partition coefficient (Wildman–Crippen LogP) is 4.13. The Balaban J connectivity index is 1.69. The number of amides is 1. The van der Waals surface area contributed by atoms with Crippen molar-refractivity contribution in [3.8, 4) is 0 Å². The van der Waals surface area contributed by atoms with E-state index in [0.717, 1.165) is 22.7 Å². The Bertz CT molecular complexity index is 1080. The standard InChI is InChI=1S/C20H20Cl2F3N3O3S/c1-32(30,31)28(18-11-15(21)10-16(22)12-18)13-19(29)27-7-5-26(6-8-27)17-4-2-3-14(9-17)20(23,24)25/h2-4,9-12H,5-8,13H2,1H3. The van der Waals surface area contributed by atoms with Crippen LogP contribution in [-0.2, 0) is 21.0 Å². The van der Waals surface area contributed by atoms with Crippen LogP contribution in [0.2, 0.25) is 10.0 Å². The molecule has 12 heteroatoms. The van der Waals surface area contributed by atoms with Crippen molar-refractivity contribution < 1.29 is 26.4 Å². The molecule has 0 atom stereocenters. The summed E-state index contributed by atoms with van der Waals surface area (Å²) in [6.07, 6.45) is -3.47. The summed E-state index contributed by atoms with van der Waals surface area (Å²) in [7, 11) is -3.81. The second kappa shape index (κ2) is 9.36. The van der Waals surface area contributed by atoms with E-state index < -0.39 is 34.2 Å². The summed E-state index contributed by atoms with van der Waals surface area (Å²) in [6, 6.07) is 9.25. The normalized spacial score (nSPS) is 15.1. The molecule has 0 N–H and O–H groups in total. The van der Waals surface area contributed by atoms with Crippen molar-refractivity contribution in [3.63, 3.8) is 0 Å². The molecule has 1 fully saturated rings. The van der Waals surface area contributed by atoms with Gasteiger partial charge in [-0.05, 0) is 36.4 Å². The lowest BCUT2D eigenvalue weighted by Crippen LogP contribution is -2.52. The van der Waals surface area contributed by atoms with Gasteiger partial charge in [0, 0.05) is 41.9 Å². The maximum absolute atomic E-state index is 13.0. The van der Waals surface area contributed by atoms with E-state index in [1.165, 1.54) is 29.2 Å². The van der Waals surface area contributed by atoms with Crippen LogP contribution in [0.15, 0.2) is 42.5 Å². The number of carbonyl (C=O) groups is 1. The van der Waals surface area contributed by atoms with E-state index in [0.29, 0.717) is 18.8 Å². The van der Waals surface area contributed by atoms with Crippen LogP contribution in [0, 0.1) is 0 Å². The van der Waals surface area contributed by atoms with Crippen LogP contribution in [-0.4, -0.2) is 58.2 Å². The molecule has 1 saturated heterocycles. The number of rotatable bonds is 5. The fourth-order valence-electron chi connectivity index (χ4n) is 3.40. The van der Waals surface area contributed by atoms with Crippen molar-refractivity contribution in [2.45, 2.75) is 6.18 Å². The zero-order valence-corrected chi connectivity index (χ0v) is 19.3. The number of piperazine rings is 1. The molecule has 0 aromatic heterocycles. The van der Waals surface area contributed by atoms with E-state index in [1.54, 1.807) is 11.0 Å². The number of hydrogen-bond acceptors (Lipinski definition) is 4. The first-order valence-corrected chi connectivity index (χ1v) is 12.1. The summed E-state index contributed by atoms with van der Waals surface area (Å²) in [5.41, 5.74) is -0.156. The Kier molecular flexibility index (Phi) is 7.16.